The molecule has 0 saturated carbocycles. The standard InChI is InChI=1S/C6H4N4O2S/c11-13(12)10-6-4-1-2-7-5(4)8-3-9-6/h1-3H,(H,7,8,9). The quantitative estimate of drug-likeness (QED) is 0.725. The molecule has 0 aliphatic heterocycles. The Hall–Kier alpha value is -1.76. The van der Waals surface area contributed by atoms with Crippen LogP contribution in [0.5, 0.6) is 0 Å². The van der Waals surface area contributed by atoms with Gasteiger partial charge in [0.15, 0.2) is 5.82 Å². The summed E-state index contributed by atoms with van der Waals surface area (Å²) in [6, 6.07) is 1.67. The molecular weight excluding hydrogens is 192 g/mol. The highest BCUT2D eigenvalue weighted by molar-refractivity contribution is 7.61. The van der Waals surface area contributed by atoms with Gasteiger partial charge in [-0.1, -0.05) is 0 Å². The highest BCUT2D eigenvalue weighted by atomic mass is 32.2. The molecule has 0 spiro atoms. The molecule has 0 aliphatic rings. The van der Waals surface area contributed by atoms with Crippen molar-refractivity contribution >= 4 is 27.4 Å². The maximum Gasteiger partial charge on any atom is 0.317 e. The van der Waals surface area contributed by atoms with E-state index < -0.39 is 10.5 Å². The van der Waals surface area contributed by atoms with Gasteiger partial charge in [-0.15, -0.1) is 4.36 Å². The van der Waals surface area contributed by atoms with Gasteiger partial charge in [-0.2, -0.15) is 8.42 Å². The van der Waals surface area contributed by atoms with Gasteiger partial charge in [0.25, 0.3) is 0 Å². The molecule has 0 unspecified atom stereocenters. The normalized spacial score (nSPS) is 10.2. The fraction of sp³-hybridized carbons (Fsp3) is 0. The lowest BCUT2D eigenvalue weighted by Gasteiger charge is -1.89. The summed E-state index contributed by atoms with van der Waals surface area (Å²) in [5.74, 6) is 0.152. The van der Waals surface area contributed by atoms with Crippen LogP contribution in [-0.4, -0.2) is 23.4 Å². The number of hydrogen-bond donors (Lipinski definition) is 1. The minimum atomic E-state index is -2.49. The Morgan fingerprint density at radius 1 is 1.38 bits per heavy atom. The fourth-order valence-corrected chi connectivity index (χ4v) is 1.29. The van der Waals surface area contributed by atoms with E-state index in [4.69, 9.17) is 0 Å². The zero-order valence-electron chi connectivity index (χ0n) is 6.30. The third-order valence-corrected chi connectivity index (χ3v) is 1.82. The van der Waals surface area contributed by atoms with Crippen molar-refractivity contribution in [1.82, 2.24) is 15.0 Å². The van der Waals surface area contributed by atoms with E-state index in [1.165, 1.54) is 6.33 Å². The zero-order chi connectivity index (χ0) is 9.26. The van der Waals surface area contributed by atoms with E-state index in [9.17, 15) is 8.42 Å². The minimum absolute atomic E-state index is 0.152. The molecule has 2 heterocycles. The van der Waals surface area contributed by atoms with Gasteiger partial charge < -0.3 is 4.98 Å². The molecule has 6 nitrogen and oxygen atoms in total. The molecule has 2 aromatic heterocycles. The number of H-pyrrole nitrogens is 1. The van der Waals surface area contributed by atoms with Gasteiger partial charge in [-0.05, 0) is 6.07 Å². The summed E-state index contributed by atoms with van der Waals surface area (Å²) in [4.78, 5) is 10.4. The van der Waals surface area contributed by atoms with E-state index in [1.54, 1.807) is 12.3 Å². The van der Waals surface area contributed by atoms with E-state index in [0.717, 1.165) is 0 Å². The molecule has 0 radical (unpaired) electrons. The second-order valence-electron chi connectivity index (χ2n) is 2.25. The second-order valence-corrected chi connectivity index (χ2v) is 2.86. The molecule has 0 aromatic carbocycles. The first kappa shape index (κ1) is 7.87. The lowest BCUT2D eigenvalue weighted by atomic mass is 10.4. The van der Waals surface area contributed by atoms with E-state index in [2.05, 4.69) is 19.3 Å². The molecular formula is C6H4N4O2S. The molecule has 0 saturated heterocycles. The molecule has 13 heavy (non-hydrogen) atoms. The van der Waals surface area contributed by atoms with Crippen molar-refractivity contribution in [1.29, 1.82) is 0 Å². The largest absolute Gasteiger partial charge is 0.346 e. The SMILES string of the molecule is O=S(=O)=Nc1ncnc2[nH]ccc12. The average molecular weight is 196 g/mol. The summed E-state index contributed by atoms with van der Waals surface area (Å²) < 4.78 is 23.9. The van der Waals surface area contributed by atoms with Crippen molar-refractivity contribution in [3.63, 3.8) is 0 Å². The van der Waals surface area contributed by atoms with Crippen LogP contribution >= 0.6 is 0 Å². The van der Waals surface area contributed by atoms with Crippen LogP contribution in [0.4, 0.5) is 5.82 Å². The Labute approximate surface area is 74.4 Å². The predicted molar refractivity (Wildman–Crippen MR) is 44.9 cm³/mol. The molecule has 66 valence electrons. The Balaban J connectivity index is 2.82. The van der Waals surface area contributed by atoms with Crippen molar-refractivity contribution < 1.29 is 8.42 Å². The predicted octanol–water partition coefficient (Wildman–Crippen LogP) is 0.652. The Bertz CT molecular complexity index is 563. The van der Waals surface area contributed by atoms with Gasteiger partial charge in [0.2, 0.25) is 0 Å². The van der Waals surface area contributed by atoms with E-state index >= 15 is 0 Å². The molecule has 0 bridgehead atoms. The van der Waals surface area contributed by atoms with Crippen molar-refractivity contribution in [3.05, 3.63) is 18.6 Å². The number of aromatic nitrogens is 3. The van der Waals surface area contributed by atoms with Crippen molar-refractivity contribution in [2.75, 3.05) is 0 Å². The number of hydrogen-bond acceptors (Lipinski definition) is 5. The third-order valence-electron chi connectivity index (χ3n) is 1.49. The summed E-state index contributed by atoms with van der Waals surface area (Å²) in [5.41, 5.74) is 0.569. The zero-order valence-corrected chi connectivity index (χ0v) is 7.11. The number of fused-ring (bicyclic) bond motifs is 1. The van der Waals surface area contributed by atoms with Crippen LogP contribution < -0.4 is 0 Å². The van der Waals surface area contributed by atoms with Gasteiger partial charge in [0, 0.05) is 6.20 Å². The first-order valence-electron chi connectivity index (χ1n) is 3.36. The van der Waals surface area contributed by atoms with E-state index in [1.807, 2.05) is 0 Å². The minimum Gasteiger partial charge on any atom is -0.346 e. The second kappa shape index (κ2) is 2.94. The molecule has 2 rings (SSSR count). The third kappa shape index (κ3) is 1.41. The van der Waals surface area contributed by atoms with Crippen LogP contribution in [-0.2, 0) is 10.5 Å². The van der Waals surface area contributed by atoms with Gasteiger partial charge >= 0.3 is 10.5 Å². The first-order chi connectivity index (χ1) is 6.27. The maximum atomic E-state index is 10.3. The molecule has 2 aromatic rings. The van der Waals surface area contributed by atoms with Gasteiger partial charge in [0.1, 0.15) is 12.0 Å². The highest BCUT2D eigenvalue weighted by Crippen LogP contribution is 2.19. The van der Waals surface area contributed by atoms with Crippen molar-refractivity contribution in [2.45, 2.75) is 0 Å². The summed E-state index contributed by atoms with van der Waals surface area (Å²) in [5, 5.41) is 0.590. The number of aromatic amines is 1. The Morgan fingerprint density at radius 2 is 2.23 bits per heavy atom. The molecule has 1 N–H and O–H groups in total. The molecule has 0 amide bonds. The van der Waals surface area contributed by atoms with Crippen LogP contribution in [0.25, 0.3) is 11.0 Å². The molecule has 0 atom stereocenters. The van der Waals surface area contributed by atoms with Crippen LogP contribution in [0.1, 0.15) is 0 Å². The van der Waals surface area contributed by atoms with Gasteiger partial charge in [-0.25, -0.2) is 9.97 Å². The fourth-order valence-electron chi connectivity index (χ4n) is 1.00. The summed E-state index contributed by atoms with van der Waals surface area (Å²) in [7, 11) is -2.49. The smallest absolute Gasteiger partial charge is 0.317 e. The number of nitrogens with zero attached hydrogens (tertiary/aromatic N) is 3. The van der Waals surface area contributed by atoms with Crippen LogP contribution in [0.2, 0.25) is 0 Å². The summed E-state index contributed by atoms with van der Waals surface area (Å²) >= 11 is 0. The monoisotopic (exact) mass is 196 g/mol. The van der Waals surface area contributed by atoms with E-state index in [-0.39, 0.29) is 5.82 Å². The highest BCUT2D eigenvalue weighted by Gasteiger charge is 2.02. The van der Waals surface area contributed by atoms with Gasteiger partial charge in [-0.3, -0.25) is 0 Å². The summed E-state index contributed by atoms with van der Waals surface area (Å²) in [6.07, 6.45) is 2.90. The lowest BCUT2D eigenvalue weighted by Crippen LogP contribution is -1.79. The topological polar surface area (TPSA) is 88.1 Å². The first-order valence-corrected chi connectivity index (χ1v) is 4.40. The molecule has 0 fully saturated rings. The van der Waals surface area contributed by atoms with Crippen LogP contribution in [0, 0.1) is 0 Å². The van der Waals surface area contributed by atoms with Crippen molar-refractivity contribution in [3.8, 4) is 0 Å². The van der Waals surface area contributed by atoms with Crippen LogP contribution in [0.15, 0.2) is 23.0 Å². The molecule has 0 aliphatic carbocycles. The maximum absolute atomic E-state index is 10.3. The van der Waals surface area contributed by atoms with Crippen molar-refractivity contribution in [2.24, 2.45) is 4.36 Å². The average Bonchev–Trinajstić information content (AvgIpc) is 2.51. The summed E-state index contributed by atoms with van der Waals surface area (Å²) in [6.45, 7) is 0. The van der Waals surface area contributed by atoms with E-state index in [0.29, 0.717) is 11.0 Å². The number of rotatable bonds is 1. The number of nitrogens with one attached hydrogen (secondary N) is 1. The molecule has 7 heteroatoms. The van der Waals surface area contributed by atoms with Gasteiger partial charge in [0.05, 0.1) is 5.39 Å². The Morgan fingerprint density at radius 3 is 3.00 bits per heavy atom. The Kier molecular flexibility index (Phi) is 1.78. The van der Waals surface area contributed by atoms with Crippen LogP contribution in [0.3, 0.4) is 0 Å². The lowest BCUT2D eigenvalue weighted by molar-refractivity contribution is 0.622.